The molecule has 0 aromatic heterocycles. The van der Waals surface area contributed by atoms with E-state index in [1.54, 1.807) is 0 Å². The summed E-state index contributed by atoms with van der Waals surface area (Å²) in [5.41, 5.74) is 0. The Morgan fingerprint density at radius 2 is 2.20 bits per heavy atom. The van der Waals surface area contributed by atoms with Crippen LogP contribution in [-0.2, 0) is 13.9 Å². The minimum atomic E-state index is -3.73. The molecule has 0 radical (unpaired) electrons. The van der Waals surface area contributed by atoms with E-state index in [9.17, 15) is 14.3 Å². The average molecular weight is 234 g/mol. The molecule has 0 aromatic carbocycles. The normalized spacial score (nSPS) is 14.5. The number of rotatable bonds is 9. The lowest BCUT2D eigenvalue weighted by atomic mass is 10.2. The maximum absolute atomic E-state index is 11.3. The summed E-state index contributed by atoms with van der Waals surface area (Å²) in [7, 11) is -3.73. The molecule has 0 rings (SSSR count). The van der Waals surface area contributed by atoms with Crippen LogP contribution in [0.4, 0.5) is 0 Å². The highest BCUT2D eigenvalue weighted by Gasteiger charge is 2.22. The highest BCUT2D eigenvalue weighted by atomic mass is 31.2. The van der Waals surface area contributed by atoms with Gasteiger partial charge in [0, 0.05) is 6.42 Å². The molecule has 0 aliphatic rings. The fourth-order valence-corrected chi connectivity index (χ4v) is 2.12. The van der Waals surface area contributed by atoms with Gasteiger partial charge in [-0.3, -0.25) is 9.36 Å². The van der Waals surface area contributed by atoms with E-state index in [0.29, 0.717) is 6.42 Å². The number of carbonyl (C=O) groups is 1. The Morgan fingerprint density at radius 1 is 1.53 bits per heavy atom. The van der Waals surface area contributed by atoms with Gasteiger partial charge in [-0.25, -0.2) is 0 Å². The lowest BCUT2D eigenvalue weighted by molar-refractivity contribution is -0.117. The van der Waals surface area contributed by atoms with E-state index in [1.165, 1.54) is 6.08 Å². The van der Waals surface area contributed by atoms with Crippen molar-refractivity contribution in [1.29, 1.82) is 0 Å². The topological polar surface area (TPSA) is 63.6 Å². The van der Waals surface area contributed by atoms with E-state index >= 15 is 0 Å². The summed E-state index contributed by atoms with van der Waals surface area (Å²) in [6, 6.07) is 0. The van der Waals surface area contributed by atoms with E-state index in [4.69, 9.17) is 0 Å². The van der Waals surface area contributed by atoms with Crippen LogP contribution in [0.15, 0.2) is 12.7 Å². The Kier molecular flexibility index (Phi) is 7.57. The third kappa shape index (κ3) is 8.55. The minimum absolute atomic E-state index is 0.00395. The number of hydrogen-bond donors (Lipinski definition) is 1. The first-order valence-corrected chi connectivity index (χ1v) is 6.87. The molecule has 0 aliphatic heterocycles. The summed E-state index contributed by atoms with van der Waals surface area (Å²) in [4.78, 5) is 20.5. The van der Waals surface area contributed by atoms with Crippen LogP contribution in [0.5, 0.6) is 0 Å². The number of hydrogen-bond acceptors (Lipinski definition) is 3. The lowest BCUT2D eigenvalue weighted by Crippen LogP contribution is -2.07. The summed E-state index contributed by atoms with van der Waals surface area (Å²) in [5.74, 6) is -0.210. The second kappa shape index (κ2) is 7.80. The van der Waals surface area contributed by atoms with Gasteiger partial charge in [0.15, 0.2) is 0 Å². The van der Waals surface area contributed by atoms with E-state index < -0.39 is 7.60 Å². The summed E-state index contributed by atoms with van der Waals surface area (Å²) < 4.78 is 15.9. The fourth-order valence-electron chi connectivity index (χ4n) is 1.09. The van der Waals surface area contributed by atoms with Crippen LogP contribution >= 0.6 is 7.60 Å². The highest BCUT2D eigenvalue weighted by Crippen LogP contribution is 2.41. The predicted octanol–water partition coefficient (Wildman–Crippen LogP) is 2.52. The molecule has 5 heteroatoms. The maximum Gasteiger partial charge on any atom is 0.335 e. The van der Waals surface area contributed by atoms with Gasteiger partial charge in [-0.1, -0.05) is 25.8 Å². The second-order valence-corrected chi connectivity index (χ2v) is 5.23. The smallest absolute Gasteiger partial charge is 0.324 e. The second-order valence-electron chi connectivity index (χ2n) is 3.38. The molecule has 1 N–H and O–H groups in total. The van der Waals surface area contributed by atoms with Gasteiger partial charge in [-0.15, -0.1) is 6.58 Å². The first kappa shape index (κ1) is 14.6. The zero-order valence-electron chi connectivity index (χ0n) is 9.15. The van der Waals surface area contributed by atoms with Gasteiger partial charge < -0.3 is 9.42 Å². The predicted molar refractivity (Wildman–Crippen MR) is 60.0 cm³/mol. The molecule has 1 atom stereocenters. The molecule has 0 heterocycles. The standard InChI is InChI=1S/C10H19O4P/c1-3-5-6-7-10(11)9-15(12,13)14-8-4-2/h4H,2-3,5-9H2,1H3,(H,12,13). The van der Waals surface area contributed by atoms with Crippen molar-refractivity contribution in [2.75, 3.05) is 12.8 Å². The fraction of sp³-hybridized carbons (Fsp3) is 0.700. The Hall–Kier alpha value is -0.440. The van der Waals surface area contributed by atoms with Crippen LogP contribution < -0.4 is 0 Å². The molecule has 4 nitrogen and oxygen atoms in total. The number of unbranched alkanes of at least 4 members (excludes halogenated alkanes) is 2. The molecular weight excluding hydrogens is 215 g/mol. The lowest BCUT2D eigenvalue weighted by Gasteiger charge is -2.09. The third-order valence-electron chi connectivity index (χ3n) is 1.83. The van der Waals surface area contributed by atoms with Crippen molar-refractivity contribution in [1.82, 2.24) is 0 Å². The Morgan fingerprint density at radius 3 is 2.73 bits per heavy atom. The molecule has 88 valence electrons. The van der Waals surface area contributed by atoms with Crippen LogP contribution in [0, 0.1) is 0 Å². The molecule has 15 heavy (non-hydrogen) atoms. The molecular formula is C10H19O4P. The number of ketones is 1. The summed E-state index contributed by atoms with van der Waals surface area (Å²) in [6.07, 6.45) is 4.12. The summed E-state index contributed by atoms with van der Waals surface area (Å²) >= 11 is 0. The summed E-state index contributed by atoms with van der Waals surface area (Å²) in [6.45, 7) is 5.39. The van der Waals surface area contributed by atoms with Crippen LogP contribution in [-0.4, -0.2) is 23.4 Å². The van der Waals surface area contributed by atoms with Gasteiger partial charge >= 0.3 is 7.60 Å². The van der Waals surface area contributed by atoms with Crippen LogP contribution in [0.2, 0.25) is 0 Å². The number of carbonyl (C=O) groups excluding carboxylic acids is 1. The minimum Gasteiger partial charge on any atom is -0.324 e. The molecule has 0 aliphatic carbocycles. The first-order chi connectivity index (χ1) is 7.02. The molecule has 0 spiro atoms. The van der Waals surface area contributed by atoms with E-state index in [2.05, 4.69) is 11.1 Å². The van der Waals surface area contributed by atoms with Crippen molar-refractivity contribution in [3.63, 3.8) is 0 Å². The van der Waals surface area contributed by atoms with Gasteiger partial charge in [0.25, 0.3) is 0 Å². The van der Waals surface area contributed by atoms with Gasteiger partial charge in [0.2, 0.25) is 0 Å². The van der Waals surface area contributed by atoms with Gasteiger partial charge in [-0.2, -0.15) is 0 Å². The third-order valence-corrected chi connectivity index (χ3v) is 3.13. The zero-order chi connectivity index (χ0) is 11.7. The maximum atomic E-state index is 11.3. The number of Topliss-reactive ketones (excluding diaryl/α,β-unsaturated/α-hetero) is 1. The van der Waals surface area contributed by atoms with Gasteiger partial charge in [0.05, 0.1) is 6.61 Å². The molecule has 0 saturated carbocycles. The first-order valence-electron chi connectivity index (χ1n) is 5.10. The molecule has 0 saturated heterocycles. The van der Waals surface area contributed by atoms with Crippen LogP contribution in [0.3, 0.4) is 0 Å². The van der Waals surface area contributed by atoms with Crippen LogP contribution in [0.1, 0.15) is 32.6 Å². The molecule has 0 bridgehead atoms. The van der Waals surface area contributed by atoms with Gasteiger partial charge in [-0.05, 0) is 6.42 Å². The quantitative estimate of drug-likeness (QED) is 0.378. The van der Waals surface area contributed by atoms with Crippen molar-refractivity contribution < 1.29 is 18.8 Å². The van der Waals surface area contributed by atoms with E-state index in [0.717, 1.165) is 19.3 Å². The molecule has 1 unspecified atom stereocenters. The van der Waals surface area contributed by atoms with Crippen molar-refractivity contribution in [2.45, 2.75) is 32.6 Å². The summed E-state index contributed by atoms with van der Waals surface area (Å²) in [5, 5.41) is 0. The van der Waals surface area contributed by atoms with E-state index in [1.807, 2.05) is 6.92 Å². The van der Waals surface area contributed by atoms with Crippen molar-refractivity contribution >= 4 is 13.4 Å². The Balaban J connectivity index is 3.82. The van der Waals surface area contributed by atoms with Crippen molar-refractivity contribution in [3.8, 4) is 0 Å². The monoisotopic (exact) mass is 234 g/mol. The molecule has 0 aromatic rings. The Labute approximate surface area is 90.9 Å². The van der Waals surface area contributed by atoms with Crippen LogP contribution in [0.25, 0.3) is 0 Å². The van der Waals surface area contributed by atoms with E-state index in [-0.39, 0.29) is 18.6 Å². The van der Waals surface area contributed by atoms with Crippen molar-refractivity contribution in [3.05, 3.63) is 12.7 Å². The molecule has 0 amide bonds. The Bertz CT molecular complexity index is 250. The average Bonchev–Trinajstić information content (AvgIpc) is 2.14. The largest absolute Gasteiger partial charge is 0.335 e. The van der Waals surface area contributed by atoms with Crippen molar-refractivity contribution in [2.24, 2.45) is 0 Å². The zero-order valence-corrected chi connectivity index (χ0v) is 10.0. The highest BCUT2D eigenvalue weighted by molar-refractivity contribution is 7.53. The molecule has 0 fully saturated rings. The van der Waals surface area contributed by atoms with Gasteiger partial charge in [0.1, 0.15) is 11.9 Å². The SMILES string of the molecule is C=CCOP(=O)(O)CC(=O)CCCCC.